The molecule has 0 bridgehead atoms. The largest absolute Gasteiger partial charge is 0.495 e. The zero-order valence-corrected chi connectivity index (χ0v) is 17.5. The number of halogens is 1. The van der Waals surface area contributed by atoms with Gasteiger partial charge in [0.15, 0.2) is 6.19 Å². The van der Waals surface area contributed by atoms with Gasteiger partial charge in [-0.2, -0.15) is 10.5 Å². The Morgan fingerprint density at radius 3 is 2.68 bits per heavy atom. The number of nitrogens with zero attached hydrogens (tertiary/aromatic N) is 5. The minimum atomic E-state index is -0.735. The number of methoxy groups -OCH3 is 1. The number of ether oxygens (including phenoxy) is 1. The molecule has 3 heterocycles. The Morgan fingerprint density at radius 1 is 1.29 bits per heavy atom. The molecule has 2 aliphatic heterocycles. The smallest absolute Gasteiger partial charge is 0.211 e. The molecule has 1 aromatic heterocycles. The molecular weight excluding hydrogens is 418 g/mol. The molecule has 158 valence electrons. The lowest BCUT2D eigenvalue weighted by Crippen LogP contribution is -2.33. The first-order valence-corrected chi connectivity index (χ1v) is 9.97. The Bertz CT molecular complexity index is 1160. The Hall–Kier alpha value is -3.89. The number of nitrogens with two attached hydrogens (primary N) is 2. The summed E-state index contributed by atoms with van der Waals surface area (Å²) in [6.07, 6.45) is 4.04. The summed E-state index contributed by atoms with van der Waals surface area (Å²) in [5.41, 5.74) is 14.4. The van der Waals surface area contributed by atoms with Crippen LogP contribution in [0.3, 0.4) is 0 Å². The summed E-state index contributed by atoms with van der Waals surface area (Å²) < 4.78 is 5.65. The average Bonchev–Trinajstić information content (AvgIpc) is 3.28. The average molecular weight is 438 g/mol. The van der Waals surface area contributed by atoms with Gasteiger partial charge in [0.1, 0.15) is 35.1 Å². The summed E-state index contributed by atoms with van der Waals surface area (Å²) in [6.45, 7) is 1.86. The highest BCUT2D eigenvalue weighted by atomic mass is 35.5. The van der Waals surface area contributed by atoms with E-state index in [1.165, 1.54) is 0 Å². The first kappa shape index (κ1) is 20.4. The van der Waals surface area contributed by atoms with Gasteiger partial charge in [0.25, 0.3) is 0 Å². The summed E-state index contributed by atoms with van der Waals surface area (Å²) in [5.74, 6) is 1.09. The second kappa shape index (κ2) is 8.09. The number of nitrogen functional groups attached to an aromatic ring is 2. The minimum Gasteiger partial charge on any atom is -0.495 e. The van der Waals surface area contributed by atoms with E-state index in [1.807, 2.05) is 24.4 Å². The van der Waals surface area contributed by atoms with Crippen molar-refractivity contribution in [2.24, 2.45) is 4.99 Å². The van der Waals surface area contributed by atoms with Gasteiger partial charge >= 0.3 is 0 Å². The molecule has 1 atom stereocenters. The maximum atomic E-state index is 9.48. The lowest BCUT2D eigenvalue weighted by molar-refractivity contribution is 0.414. The molecule has 4 rings (SSSR count). The van der Waals surface area contributed by atoms with Crippen LogP contribution < -0.4 is 31.7 Å². The first-order chi connectivity index (χ1) is 15.0. The zero-order valence-electron chi connectivity index (χ0n) is 16.7. The van der Waals surface area contributed by atoms with Crippen molar-refractivity contribution in [3.8, 4) is 18.0 Å². The maximum Gasteiger partial charge on any atom is 0.211 e. The van der Waals surface area contributed by atoms with Gasteiger partial charge in [-0.15, -0.1) is 0 Å². The molecular formula is C20H20ClN9O. The van der Waals surface area contributed by atoms with Crippen molar-refractivity contribution in [1.82, 2.24) is 10.3 Å². The van der Waals surface area contributed by atoms with Crippen LogP contribution in [0.15, 0.2) is 17.1 Å². The van der Waals surface area contributed by atoms with E-state index < -0.39 is 6.04 Å². The fourth-order valence-corrected chi connectivity index (χ4v) is 4.20. The molecule has 1 aromatic carbocycles. The molecule has 1 fully saturated rings. The van der Waals surface area contributed by atoms with E-state index in [2.05, 4.69) is 25.5 Å². The SMILES string of the molecule is COc1cc(C2N=C(NC#N)Nc3nc(N)c(C#N)c(N)c32)c(Cl)cc1N1CCCC1. The number of hydrogen-bond acceptors (Lipinski definition) is 10. The van der Waals surface area contributed by atoms with E-state index in [1.54, 1.807) is 7.11 Å². The molecule has 1 saturated heterocycles. The van der Waals surface area contributed by atoms with E-state index in [9.17, 15) is 5.26 Å². The van der Waals surface area contributed by atoms with Crippen molar-refractivity contribution in [3.05, 3.63) is 33.8 Å². The van der Waals surface area contributed by atoms with Crippen molar-refractivity contribution >= 4 is 40.6 Å². The quantitative estimate of drug-likeness (QED) is 0.417. The van der Waals surface area contributed by atoms with Crippen LogP contribution in [0, 0.1) is 22.8 Å². The zero-order chi connectivity index (χ0) is 22.1. The van der Waals surface area contributed by atoms with E-state index in [0.29, 0.717) is 27.7 Å². The van der Waals surface area contributed by atoms with Crippen LogP contribution in [0.4, 0.5) is 23.0 Å². The molecule has 2 aliphatic rings. The number of nitriles is 2. The highest BCUT2D eigenvalue weighted by molar-refractivity contribution is 6.32. The van der Waals surface area contributed by atoms with E-state index in [0.717, 1.165) is 31.6 Å². The number of aromatic nitrogens is 1. The van der Waals surface area contributed by atoms with Crippen LogP contribution in [0.2, 0.25) is 5.02 Å². The third-order valence-electron chi connectivity index (χ3n) is 5.40. The predicted octanol–water partition coefficient (Wildman–Crippen LogP) is 2.32. The lowest BCUT2D eigenvalue weighted by atomic mass is 9.94. The van der Waals surface area contributed by atoms with Crippen LogP contribution in [0.5, 0.6) is 5.75 Å². The van der Waals surface area contributed by atoms with Crippen LogP contribution in [-0.4, -0.2) is 31.1 Å². The van der Waals surface area contributed by atoms with Crippen molar-refractivity contribution in [3.63, 3.8) is 0 Å². The number of aliphatic imine (C=N–C) groups is 1. The van der Waals surface area contributed by atoms with Crippen molar-refractivity contribution in [2.75, 3.05) is 41.9 Å². The van der Waals surface area contributed by atoms with Crippen LogP contribution in [0.25, 0.3) is 0 Å². The number of benzene rings is 1. The van der Waals surface area contributed by atoms with Crippen molar-refractivity contribution in [1.29, 1.82) is 10.5 Å². The summed E-state index contributed by atoms with van der Waals surface area (Å²) in [5, 5.41) is 24.4. The highest BCUT2D eigenvalue weighted by Gasteiger charge is 2.32. The number of fused-ring (bicyclic) bond motifs is 1. The minimum absolute atomic E-state index is 0.0173. The molecule has 31 heavy (non-hydrogen) atoms. The number of anilines is 4. The van der Waals surface area contributed by atoms with Gasteiger partial charge in [-0.05, 0) is 25.0 Å². The van der Waals surface area contributed by atoms with Gasteiger partial charge in [0.05, 0.1) is 18.5 Å². The summed E-state index contributed by atoms with van der Waals surface area (Å²) in [7, 11) is 1.60. The molecule has 0 aliphatic carbocycles. The lowest BCUT2D eigenvalue weighted by Gasteiger charge is -2.28. The van der Waals surface area contributed by atoms with E-state index in [4.69, 9.17) is 33.1 Å². The Kier molecular flexibility index (Phi) is 5.32. The van der Waals surface area contributed by atoms with Crippen LogP contribution in [-0.2, 0) is 0 Å². The molecule has 10 nitrogen and oxygen atoms in total. The fraction of sp³-hybridized carbons (Fsp3) is 0.300. The maximum absolute atomic E-state index is 9.48. The first-order valence-electron chi connectivity index (χ1n) is 9.59. The van der Waals surface area contributed by atoms with Crippen molar-refractivity contribution in [2.45, 2.75) is 18.9 Å². The second-order valence-corrected chi connectivity index (χ2v) is 7.55. The number of hydrogen-bond donors (Lipinski definition) is 4. The molecule has 11 heteroatoms. The predicted molar refractivity (Wildman–Crippen MR) is 119 cm³/mol. The molecule has 1 unspecified atom stereocenters. The Balaban J connectivity index is 1.91. The van der Waals surface area contributed by atoms with Crippen molar-refractivity contribution < 1.29 is 4.74 Å². The van der Waals surface area contributed by atoms with Crippen LogP contribution in [0.1, 0.15) is 35.6 Å². The van der Waals surface area contributed by atoms with Gasteiger partial charge in [0.2, 0.25) is 5.96 Å². The third-order valence-corrected chi connectivity index (χ3v) is 5.72. The Labute approximate surface area is 184 Å². The second-order valence-electron chi connectivity index (χ2n) is 7.14. The fourth-order valence-electron chi connectivity index (χ4n) is 3.94. The van der Waals surface area contributed by atoms with Gasteiger partial charge in [-0.25, -0.2) is 9.98 Å². The van der Waals surface area contributed by atoms with Crippen LogP contribution >= 0.6 is 11.6 Å². The number of rotatable bonds is 3. The topological polar surface area (TPSA) is 161 Å². The third kappa shape index (κ3) is 3.47. The van der Waals surface area contributed by atoms with Gasteiger partial charge in [0, 0.05) is 29.2 Å². The molecule has 0 saturated carbocycles. The monoisotopic (exact) mass is 437 g/mol. The molecule has 0 spiro atoms. The number of pyridine rings is 1. The molecule has 2 aromatic rings. The standard InChI is InChI=1S/C20H20ClN9O/c1-31-14-6-10(12(21)7-13(14)30-4-2-3-5-30)17-15-16(24)11(8-22)18(25)28-19(15)29-20(27-17)26-9-23/h6-7,17H,2-5H2,1H3,(H6,24,25,26,27,28,29). The van der Waals surface area contributed by atoms with Gasteiger partial charge in [-0.3, -0.25) is 5.32 Å². The van der Waals surface area contributed by atoms with E-state index in [-0.39, 0.29) is 23.0 Å². The summed E-state index contributed by atoms with van der Waals surface area (Å²) in [6, 6.07) is 4.91. The highest BCUT2D eigenvalue weighted by Crippen LogP contribution is 2.45. The number of guanidine groups is 1. The molecule has 0 amide bonds. The summed E-state index contributed by atoms with van der Waals surface area (Å²) in [4.78, 5) is 11.0. The normalized spacial score (nSPS) is 17.1. The molecule has 6 N–H and O–H groups in total. The van der Waals surface area contributed by atoms with E-state index >= 15 is 0 Å². The van der Waals surface area contributed by atoms with Gasteiger partial charge < -0.3 is 26.4 Å². The Morgan fingerprint density at radius 2 is 2.03 bits per heavy atom. The summed E-state index contributed by atoms with van der Waals surface area (Å²) >= 11 is 6.71. The van der Waals surface area contributed by atoms with Gasteiger partial charge in [-0.1, -0.05) is 11.6 Å². The number of nitrogens with one attached hydrogen (secondary N) is 2. The molecule has 0 radical (unpaired) electrons.